The topological polar surface area (TPSA) is 73.0 Å². The Hall–Kier alpha value is -4.68. The number of hydrogen-bond acceptors (Lipinski definition) is 4. The molecule has 0 fully saturated rings. The normalized spacial score (nSPS) is 11.6. The van der Waals surface area contributed by atoms with Crippen LogP contribution in [-0.2, 0) is 4.79 Å². The van der Waals surface area contributed by atoms with Crippen LogP contribution in [0.2, 0.25) is 5.02 Å². The maximum atomic E-state index is 12.7. The molecule has 38 heavy (non-hydrogen) atoms. The number of aromatic nitrogens is 3. The second-order valence-electron chi connectivity index (χ2n) is 9.13. The number of halogens is 1. The number of aryl methyl sites for hydroxylation is 2. The molecule has 6 nitrogen and oxygen atoms in total. The van der Waals surface area contributed by atoms with E-state index in [1.54, 1.807) is 10.9 Å². The van der Waals surface area contributed by atoms with Crippen molar-refractivity contribution in [3.05, 3.63) is 113 Å². The number of fused-ring (bicyclic) bond motifs is 2. The van der Waals surface area contributed by atoms with Crippen molar-refractivity contribution in [2.24, 2.45) is 0 Å². The Bertz CT molecular complexity index is 1860. The predicted octanol–water partition coefficient (Wildman–Crippen LogP) is 7.76. The van der Waals surface area contributed by atoms with Gasteiger partial charge in [0.25, 0.3) is 0 Å². The third-order valence-electron chi connectivity index (χ3n) is 6.45. The lowest BCUT2D eigenvalue weighted by molar-refractivity contribution is -0.111. The van der Waals surface area contributed by atoms with Crippen LogP contribution in [0, 0.1) is 13.8 Å². The number of amides is 1. The Kier molecular flexibility index (Phi) is 6.02. The van der Waals surface area contributed by atoms with E-state index in [0.717, 1.165) is 38.7 Å². The molecular formula is C31H23ClN4O2. The molecule has 0 aliphatic rings. The number of carbonyl (C=O) groups is 1. The number of nitrogens with zero attached hydrogens (tertiary/aromatic N) is 3. The third kappa shape index (κ3) is 4.58. The van der Waals surface area contributed by atoms with Gasteiger partial charge in [-0.15, -0.1) is 15.0 Å². The highest BCUT2D eigenvalue weighted by atomic mass is 35.5. The summed E-state index contributed by atoms with van der Waals surface area (Å²) in [6.07, 6.45) is 3.08. The van der Waals surface area contributed by atoms with Gasteiger partial charge in [0, 0.05) is 27.7 Å². The maximum absolute atomic E-state index is 12.7. The van der Waals surface area contributed by atoms with Gasteiger partial charge in [0.1, 0.15) is 22.6 Å². The zero-order valence-corrected chi connectivity index (χ0v) is 21.5. The zero-order chi connectivity index (χ0) is 26.2. The first kappa shape index (κ1) is 23.7. The number of hydrogen-bond donors (Lipinski definition) is 1. The van der Waals surface area contributed by atoms with Crippen LogP contribution in [0.5, 0.6) is 0 Å². The second kappa shape index (κ2) is 9.65. The lowest BCUT2D eigenvalue weighted by atomic mass is 10.1. The summed E-state index contributed by atoms with van der Waals surface area (Å²) in [5.41, 5.74) is 5.79. The molecule has 0 saturated heterocycles. The molecule has 0 spiro atoms. The maximum Gasteiger partial charge on any atom is 0.248 e. The molecule has 1 amide bonds. The number of anilines is 1. The number of benzene rings is 4. The number of carbonyl (C=O) groups excluding carboxylic acids is 1. The molecule has 7 heteroatoms. The quantitative estimate of drug-likeness (QED) is 0.237. The van der Waals surface area contributed by atoms with Crippen molar-refractivity contribution < 1.29 is 9.21 Å². The summed E-state index contributed by atoms with van der Waals surface area (Å²) in [5, 5.41) is 15.2. The average Bonchev–Trinajstić information content (AvgIpc) is 3.56. The predicted molar refractivity (Wildman–Crippen MR) is 153 cm³/mol. The largest absolute Gasteiger partial charge is 0.457 e. The monoisotopic (exact) mass is 518 g/mol. The van der Waals surface area contributed by atoms with Gasteiger partial charge in [-0.2, -0.15) is 0 Å². The Labute approximate surface area is 224 Å². The minimum atomic E-state index is -0.273. The Morgan fingerprint density at radius 1 is 0.895 bits per heavy atom. The highest BCUT2D eigenvalue weighted by Gasteiger charge is 2.12. The Balaban J connectivity index is 1.21. The van der Waals surface area contributed by atoms with E-state index in [4.69, 9.17) is 21.1 Å². The van der Waals surface area contributed by atoms with Gasteiger partial charge in [-0.05, 0) is 72.8 Å². The summed E-state index contributed by atoms with van der Waals surface area (Å²) < 4.78 is 5.88. The van der Waals surface area contributed by atoms with Crippen molar-refractivity contribution in [2.75, 3.05) is 5.32 Å². The molecule has 6 aromatic rings. The van der Waals surface area contributed by atoms with E-state index in [2.05, 4.69) is 28.6 Å². The molecule has 0 saturated carbocycles. The van der Waals surface area contributed by atoms with Gasteiger partial charge in [0.15, 0.2) is 0 Å². The third-order valence-corrected chi connectivity index (χ3v) is 6.86. The molecule has 2 aromatic heterocycles. The van der Waals surface area contributed by atoms with E-state index in [9.17, 15) is 4.79 Å². The molecule has 6 rings (SSSR count). The number of rotatable bonds is 5. The van der Waals surface area contributed by atoms with Crippen LogP contribution in [0.3, 0.4) is 0 Å². The summed E-state index contributed by atoms with van der Waals surface area (Å²) in [7, 11) is 0. The summed E-state index contributed by atoms with van der Waals surface area (Å²) in [4.78, 5) is 14.4. The lowest BCUT2D eigenvalue weighted by Gasteiger charge is -2.05. The van der Waals surface area contributed by atoms with Crippen LogP contribution in [0.15, 0.2) is 95.4 Å². The van der Waals surface area contributed by atoms with Crippen LogP contribution in [0.1, 0.15) is 16.9 Å². The summed E-state index contributed by atoms with van der Waals surface area (Å²) in [6, 6.07) is 27.4. The standard InChI is InChI=1S/C31H23ClN4O2/c1-19-10-11-22(17-25(19)32)30-14-12-23(38-30)13-15-31(37)33-26-18-28-27(16-20(26)2)34-36(35-28)29-9-5-7-21-6-3-4-8-24(21)29/h3-18H,1-2H3,(H,33,37)/b15-13+. The average molecular weight is 519 g/mol. The summed E-state index contributed by atoms with van der Waals surface area (Å²) >= 11 is 6.24. The molecule has 0 unspecified atom stereocenters. The fourth-order valence-electron chi connectivity index (χ4n) is 4.37. The second-order valence-corrected chi connectivity index (χ2v) is 9.54. The molecule has 186 valence electrons. The van der Waals surface area contributed by atoms with E-state index >= 15 is 0 Å². The van der Waals surface area contributed by atoms with Gasteiger partial charge in [0.05, 0.1) is 5.69 Å². The molecule has 0 radical (unpaired) electrons. The summed E-state index contributed by atoms with van der Waals surface area (Å²) in [6.45, 7) is 3.88. The minimum Gasteiger partial charge on any atom is -0.457 e. The van der Waals surface area contributed by atoms with E-state index < -0.39 is 0 Å². The molecule has 2 heterocycles. The van der Waals surface area contributed by atoms with Crippen LogP contribution >= 0.6 is 11.6 Å². The van der Waals surface area contributed by atoms with Crippen LogP contribution in [-0.4, -0.2) is 20.9 Å². The van der Waals surface area contributed by atoms with Crippen molar-refractivity contribution in [1.29, 1.82) is 0 Å². The van der Waals surface area contributed by atoms with E-state index in [1.807, 2.05) is 80.6 Å². The van der Waals surface area contributed by atoms with Gasteiger partial charge in [-0.3, -0.25) is 4.79 Å². The first-order valence-corrected chi connectivity index (χ1v) is 12.5. The van der Waals surface area contributed by atoms with Crippen molar-refractivity contribution in [2.45, 2.75) is 13.8 Å². The van der Waals surface area contributed by atoms with Gasteiger partial charge >= 0.3 is 0 Å². The SMILES string of the molecule is Cc1ccc(-c2ccc(/C=C/C(=O)Nc3cc4nn(-c5cccc6ccccc56)nc4cc3C)o2)cc1Cl. The molecule has 0 bridgehead atoms. The van der Waals surface area contributed by atoms with E-state index in [0.29, 0.717) is 27.7 Å². The first-order valence-electron chi connectivity index (χ1n) is 12.2. The van der Waals surface area contributed by atoms with Crippen molar-refractivity contribution in [1.82, 2.24) is 15.0 Å². The molecule has 0 atom stereocenters. The molecule has 4 aromatic carbocycles. The number of furan rings is 1. The van der Waals surface area contributed by atoms with Crippen LogP contribution in [0.4, 0.5) is 5.69 Å². The Morgan fingerprint density at radius 2 is 1.68 bits per heavy atom. The zero-order valence-electron chi connectivity index (χ0n) is 20.8. The molecular weight excluding hydrogens is 496 g/mol. The van der Waals surface area contributed by atoms with Gasteiger partial charge < -0.3 is 9.73 Å². The highest BCUT2D eigenvalue weighted by molar-refractivity contribution is 6.31. The van der Waals surface area contributed by atoms with Gasteiger partial charge in [-0.25, -0.2) is 0 Å². The van der Waals surface area contributed by atoms with Gasteiger partial charge in [-0.1, -0.05) is 60.1 Å². The van der Waals surface area contributed by atoms with Crippen molar-refractivity contribution >= 4 is 51.1 Å². The van der Waals surface area contributed by atoms with Gasteiger partial charge in [0.2, 0.25) is 5.91 Å². The van der Waals surface area contributed by atoms with E-state index in [1.165, 1.54) is 6.08 Å². The van der Waals surface area contributed by atoms with E-state index in [-0.39, 0.29) is 5.91 Å². The molecule has 0 aliphatic heterocycles. The smallest absolute Gasteiger partial charge is 0.248 e. The van der Waals surface area contributed by atoms with Crippen molar-refractivity contribution in [3.8, 4) is 17.0 Å². The molecule has 0 aliphatic carbocycles. The van der Waals surface area contributed by atoms with Crippen molar-refractivity contribution in [3.63, 3.8) is 0 Å². The minimum absolute atomic E-state index is 0.273. The van der Waals surface area contributed by atoms with Crippen LogP contribution in [0.25, 0.3) is 44.9 Å². The summed E-state index contributed by atoms with van der Waals surface area (Å²) in [5.74, 6) is 0.977. The fourth-order valence-corrected chi connectivity index (χ4v) is 4.55. The first-order chi connectivity index (χ1) is 18.4. The number of nitrogens with one attached hydrogen (secondary N) is 1. The van der Waals surface area contributed by atoms with Crippen LogP contribution < -0.4 is 5.32 Å². The fraction of sp³-hybridized carbons (Fsp3) is 0.0645. The molecule has 1 N–H and O–H groups in total. The highest BCUT2D eigenvalue weighted by Crippen LogP contribution is 2.28. The lowest BCUT2D eigenvalue weighted by Crippen LogP contribution is -2.08. The Morgan fingerprint density at radius 3 is 2.53 bits per heavy atom.